The summed E-state index contributed by atoms with van der Waals surface area (Å²) in [6.07, 6.45) is 7.13. The second-order valence-corrected chi connectivity index (χ2v) is 6.59. The van der Waals surface area contributed by atoms with Crippen molar-refractivity contribution in [3.05, 3.63) is 53.5 Å². The minimum Gasteiger partial charge on any atom is -0.497 e. The Morgan fingerprint density at radius 3 is 2.87 bits per heavy atom. The lowest BCUT2D eigenvalue weighted by atomic mass is 10.1. The van der Waals surface area contributed by atoms with Crippen molar-refractivity contribution in [2.45, 2.75) is 32.7 Å². The van der Waals surface area contributed by atoms with Crippen LogP contribution in [0.1, 0.15) is 32.3 Å². The standard InChI is InChI=1S/C19H23N3O/c1-13-11-18(16-5-4-6-17(12-16)23-3)20-19-9-10-21(22(13)19)14(2)15-7-8-15/h4-6,9,11-12,14-15H,7-8,10H2,1-3H3/t14-/m0/s1. The number of rotatable bonds is 4. The maximum atomic E-state index is 5.33. The molecule has 0 bridgehead atoms. The molecule has 1 aliphatic carbocycles. The Hall–Kier alpha value is -2.07. The highest BCUT2D eigenvalue weighted by Gasteiger charge is 2.38. The largest absolute Gasteiger partial charge is 0.497 e. The van der Waals surface area contributed by atoms with E-state index in [2.05, 4.69) is 42.1 Å². The molecule has 2 aliphatic heterocycles. The highest BCUT2D eigenvalue weighted by Crippen LogP contribution is 2.39. The minimum atomic E-state index is 0.584. The van der Waals surface area contributed by atoms with Crippen LogP contribution in [-0.2, 0) is 0 Å². The molecular weight excluding hydrogens is 286 g/mol. The van der Waals surface area contributed by atoms with Crippen molar-refractivity contribution in [1.82, 2.24) is 10.0 Å². The molecule has 23 heavy (non-hydrogen) atoms. The van der Waals surface area contributed by atoms with Gasteiger partial charge < -0.3 is 4.74 Å². The van der Waals surface area contributed by atoms with Gasteiger partial charge in [-0.15, -0.1) is 0 Å². The molecule has 1 aromatic rings. The van der Waals surface area contributed by atoms with Gasteiger partial charge in [0.15, 0.2) is 0 Å². The fraction of sp³-hybridized carbons (Fsp3) is 0.421. The van der Waals surface area contributed by atoms with Gasteiger partial charge in [0.1, 0.15) is 11.6 Å². The number of fused-ring (bicyclic) bond motifs is 1. The third-order valence-corrected chi connectivity index (χ3v) is 4.99. The van der Waals surface area contributed by atoms with Crippen molar-refractivity contribution in [3.8, 4) is 5.75 Å². The second-order valence-electron chi connectivity index (χ2n) is 6.59. The van der Waals surface area contributed by atoms with Gasteiger partial charge in [0, 0.05) is 23.8 Å². The molecule has 2 heterocycles. The van der Waals surface area contributed by atoms with Crippen LogP contribution in [0.4, 0.5) is 0 Å². The number of hydrazine groups is 1. The van der Waals surface area contributed by atoms with E-state index >= 15 is 0 Å². The Morgan fingerprint density at radius 2 is 2.13 bits per heavy atom. The first-order valence-electron chi connectivity index (χ1n) is 8.35. The van der Waals surface area contributed by atoms with Crippen LogP contribution in [-0.4, -0.2) is 35.4 Å². The number of hydrogen-bond acceptors (Lipinski definition) is 4. The van der Waals surface area contributed by atoms with E-state index in [1.54, 1.807) is 7.11 Å². The van der Waals surface area contributed by atoms with Crippen LogP contribution >= 0.6 is 0 Å². The Morgan fingerprint density at radius 1 is 1.30 bits per heavy atom. The number of allylic oxidation sites excluding steroid dienone is 2. The normalized spacial score (nSPS) is 22.2. The van der Waals surface area contributed by atoms with Crippen LogP contribution in [0.25, 0.3) is 0 Å². The average Bonchev–Trinajstić information content (AvgIpc) is 3.33. The van der Waals surface area contributed by atoms with Gasteiger partial charge >= 0.3 is 0 Å². The summed E-state index contributed by atoms with van der Waals surface area (Å²) >= 11 is 0. The highest BCUT2D eigenvalue weighted by atomic mass is 16.5. The Kier molecular flexibility index (Phi) is 3.49. The summed E-state index contributed by atoms with van der Waals surface area (Å²) in [5.41, 5.74) is 3.33. The molecule has 0 amide bonds. The van der Waals surface area contributed by atoms with E-state index in [9.17, 15) is 0 Å². The zero-order valence-electron chi connectivity index (χ0n) is 14.0. The molecule has 0 radical (unpaired) electrons. The van der Waals surface area contributed by atoms with Gasteiger partial charge in [0.05, 0.1) is 12.8 Å². The molecular formula is C19H23N3O. The van der Waals surface area contributed by atoms with Crippen LogP contribution in [0.5, 0.6) is 5.75 Å². The zero-order chi connectivity index (χ0) is 16.0. The first kappa shape index (κ1) is 14.5. The molecule has 1 aromatic carbocycles. The third kappa shape index (κ3) is 2.57. The van der Waals surface area contributed by atoms with Crippen molar-refractivity contribution in [1.29, 1.82) is 0 Å². The molecule has 4 heteroatoms. The van der Waals surface area contributed by atoms with Crippen molar-refractivity contribution >= 4 is 5.71 Å². The topological polar surface area (TPSA) is 28.1 Å². The maximum Gasteiger partial charge on any atom is 0.145 e. The summed E-state index contributed by atoms with van der Waals surface area (Å²) in [5.74, 6) is 2.76. The summed E-state index contributed by atoms with van der Waals surface area (Å²) in [5, 5.41) is 4.73. The van der Waals surface area contributed by atoms with E-state index in [0.717, 1.165) is 35.3 Å². The molecule has 1 saturated carbocycles. The average molecular weight is 309 g/mol. The first-order chi connectivity index (χ1) is 11.2. The molecule has 1 fully saturated rings. The summed E-state index contributed by atoms with van der Waals surface area (Å²) in [6, 6.07) is 8.68. The number of nitrogens with zero attached hydrogens (tertiary/aromatic N) is 3. The van der Waals surface area contributed by atoms with Crippen molar-refractivity contribution in [2.75, 3.05) is 13.7 Å². The SMILES string of the molecule is COc1cccc(C2=NC3=CCN([C@@H](C)C4CC4)N3C(C)=C2)c1. The van der Waals surface area contributed by atoms with Crippen LogP contribution < -0.4 is 4.74 Å². The molecule has 0 spiro atoms. The van der Waals surface area contributed by atoms with Gasteiger partial charge in [-0.2, -0.15) is 0 Å². The van der Waals surface area contributed by atoms with Gasteiger partial charge in [-0.05, 0) is 56.9 Å². The summed E-state index contributed by atoms with van der Waals surface area (Å²) < 4.78 is 5.33. The molecule has 4 nitrogen and oxygen atoms in total. The Labute approximate surface area is 137 Å². The number of ether oxygens (including phenoxy) is 1. The van der Waals surface area contributed by atoms with E-state index in [4.69, 9.17) is 9.73 Å². The number of aliphatic imine (C=N–C) groups is 1. The van der Waals surface area contributed by atoms with E-state index in [1.807, 2.05) is 18.2 Å². The van der Waals surface area contributed by atoms with Crippen molar-refractivity contribution in [2.24, 2.45) is 10.9 Å². The predicted octanol–water partition coefficient (Wildman–Crippen LogP) is 3.57. The lowest BCUT2D eigenvalue weighted by molar-refractivity contribution is 0.0236. The maximum absolute atomic E-state index is 5.33. The Bertz CT molecular complexity index is 715. The molecule has 0 unspecified atom stereocenters. The molecule has 0 aromatic heterocycles. The first-order valence-corrected chi connectivity index (χ1v) is 8.35. The predicted molar refractivity (Wildman–Crippen MR) is 92.1 cm³/mol. The molecule has 0 N–H and O–H groups in total. The quantitative estimate of drug-likeness (QED) is 0.851. The van der Waals surface area contributed by atoms with E-state index < -0.39 is 0 Å². The van der Waals surface area contributed by atoms with Crippen molar-refractivity contribution in [3.63, 3.8) is 0 Å². The third-order valence-electron chi connectivity index (χ3n) is 4.99. The molecule has 1 atom stereocenters. The number of methoxy groups -OCH3 is 1. The molecule has 3 aliphatic rings. The Balaban J connectivity index is 1.62. The molecule has 120 valence electrons. The van der Waals surface area contributed by atoms with Crippen molar-refractivity contribution < 1.29 is 4.74 Å². The monoisotopic (exact) mass is 309 g/mol. The van der Waals surface area contributed by atoms with Gasteiger partial charge in [0.2, 0.25) is 0 Å². The van der Waals surface area contributed by atoms with Crippen LogP contribution in [0.2, 0.25) is 0 Å². The highest BCUT2D eigenvalue weighted by molar-refractivity contribution is 6.10. The smallest absolute Gasteiger partial charge is 0.145 e. The number of hydrogen-bond donors (Lipinski definition) is 0. The van der Waals surface area contributed by atoms with E-state index in [-0.39, 0.29) is 0 Å². The zero-order valence-corrected chi connectivity index (χ0v) is 14.0. The second kappa shape index (κ2) is 5.53. The minimum absolute atomic E-state index is 0.584. The fourth-order valence-corrected chi connectivity index (χ4v) is 3.47. The molecule has 0 saturated heterocycles. The van der Waals surface area contributed by atoms with E-state index in [0.29, 0.717) is 6.04 Å². The number of benzene rings is 1. The van der Waals surface area contributed by atoms with Gasteiger partial charge in [-0.1, -0.05) is 12.1 Å². The summed E-state index contributed by atoms with van der Waals surface area (Å²) in [4.78, 5) is 4.88. The lowest BCUT2D eigenvalue weighted by Gasteiger charge is -2.37. The van der Waals surface area contributed by atoms with Crippen LogP contribution in [0, 0.1) is 5.92 Å². The van der Waals surface area contributed by atoms with Crippen LogP contribution in [0.15, 0.2) is 52.9 Å². The summed E-state index contributed by atoms with van der Waals surface area (Å²) in [6.45, 7) is 5.46. The van der Waals surface area contributed by atoms with Gasteiger partial charge in [-0.3, -0.25) is 5.01 Å². The van der Waals surface area contributed by atoms with E-state index in [1.165, 1.54) is 18.5 Å². The molecule has 4 rings (SSSR count). The summed E-state index contributed by atoms with van der Waals surface area (Å²) in [7, 11) is 1.70. The van der Waals surface area contributed by atoms with Crippen LogP contribution in [0.3, 0.4) is 0 Å². The van der Waals surface area contributed by atoms with Gasteiger partial charge in [0.25, 0.3) is 0 Å². The lowest BCUT2D eigenvalue weighted by Crippen LogP contribution is -2.44. The fourth-order valence-electron chi connectivity index (χ4n) is 3.47. The van der Waals surface area contributed by atoms with Gasteiger partial charge in [-0.25, -0.2) is 10.0 Å².